The van der Waals surface area contributed by atoms with E-state index in [0.717, 1.165) is 4.47 Å². The van der Waals surface area contributed by atoms with Crippen LogP contribution in [0.4, 0.5) is 4.39 Å². The largest absolute Gasteiger partial charge is 0.490 e. The Hall–Kier alpha value is -1.10. The molecule has 0 heterocycles. The second-order valence-corrected chi connectivity index (χ2v) is 4.81. The predicted molar refractivity (Wildman–Crippen MR) is 67.5 cm³/mol. The van der Waals surface area contributed by atoms with E-state index in [-0.39, 0.29) is 30.7 Å². The topological polar surface area (TPSA) is 38.3 Å². The third-order valence-corrected chi connectivity index (χ3v) is 2.42. The fourth-order valence-electron chi connectivity index (χ4n) is 1.24. The summed E-state index contributed by atoms with van der Waals surface area (Å²) in [5, 5.41) is 2.73. The van der Waals surface area contributed by atoms with Crippen molar-refractivity contribution >= 4 is 21.8 Å². The van der Waals surface area contributed by atoms with E-state index in [1.807, 2.05) is 13.8 Å². The molecule has 94 valence electrons. The lowest BCUT2D eigenvalue weighted by Crippen LogP contribution is -2.31. The van der Waals surface area contributed by atoms with E-state index in [1.165, 1.54) is 12.1 Å². The number of hydrogen-bond acceptors (Lipinski definition) is 2. The van der Waals surface area contributed by atoms with Crippen LogP contribution in [0, 0.1) is 5.82 Å². The third-order valence-electron chi connectivity index (χ3n) is 1.93. The van der Waals surface area contributed by atoms with Gasteiger partial charge in [-0.2, -0.15) is 0 Å². The zero-order valence-electron chi connectivity index (χ0n) is 9.80. The highest BCUT2D eigenvalue weighted by Gasteiger charge is 2.06. The predicted octanol–water partition coefficient (Wildman–Crippen LogP) is 2.88. The molecule has 0 aliphatic rings. The Bertz CT molecular complexity index is 396. The molecule has 3 nitrogen and oxygen atoms in total. The van der Waals surface area contributed by atoms with Crippen LogP contribution in [0.15, 0.2) is 22.7 Å². The highest BCUT2D eigenvalue weighted by molar-refractivity contribution is 9.10. The average Bonchev–Trinajstić information content (AvgIpc) is 2.22. The maximum atomic E-state index is 13.3. The number of carbonyl (C=O) groups is 1. The van der Waals surface area contributed by atoms with Crippen LogP contribution in [0.3, 0.4) is 0 Å². The molecule has 1 aromatic carbocycles. The van der Waals surface area contributed by atoms with E-state index in [9.17, 15) is 9.18 Å². The molecular formula is C12H15BrFNO2. The van der Waals surface area contributed by atoms with E-state index in [1.54, 1.807) is 6.07 Å². The van der Waals surface area contributed by atoms with Gasteiger partial charge in [0.1, 0.15) is 0 Å². The molecule has 17 heavy (non-hydrogen) atoms. The maximum absolute atomic E-state index is 13.3. The van der Waals surface area contributed by atoms with Gasteiger partial charge in [0.05, 0.1) is 13.0 Å². The highest BCUT2D eigenvalue weighted by atomic mass is 79.9. The summed E-state index contributed by atoms with van der Waals surface area (Å²) in [7, 11) is 0. The standard InChI is InChI=1S/C12H15BrFNO2/c1-8(2)15-12(16)5-6-17-11-7-9(13)3-4-10(11)14/h3-4,7-8H,5-6H2,1-2H3,(H,15,16). The second-order valence-electron chi connectivity index (χ2n) is 3.90. The number of benzene rings is 1. The number of amides is 1. The minimum atomic E-state index is -0.433. The number of ether oxygens (including phenoxy) is 1. The zero-order valence-corrected chi connectivity index (χ0v) is 11.4. The second kappa shape index (κ2) is 6.59. The van der Waals surface area contributed by atoms with E-state index in [0.29, 0.717) is 0 Å². The van der Waals surface area contributed by atoms with Gasteiger partial charge in [-0.3, -0.25) is 4.79 Å². The van der Waals surface area contributed by atoms with Gasteiger partial charge in [-0.05, 0) is 32.0 Å². The zero-order chi connectivity index (χ0) is 12.8. The molecule has 0 saturated carbocycles. The quantitative estimate of drug-likeness (QED) is 0.908. The van der Waals surface area contributed by atoms with Crippen molar-refractivity contribution in [3.8, 4) is 5.75 Å². The van der Waals surface area contributed by atoms with Crippen molar-refractivity contribution in [3.63, 3.8) is 0 Å². The highest BCUT2D eigenvalue weighted by Crippen LogP contribution is 2.22. The number of rotatable bonds is 5. The van der Waals surface area contributed by atoms with Gasteiger partial charge < -0.3 is 10.1 Å². The molecule has 5 heteroatoms. The first-order valence-corrected chi connectivity index (χ1v) is 6.15. The van der Waals surface area contributed by atoms with Crippen LogP contribution in [0.25, 0.3) is 0 Å². The number of hydrogen-bond donors (Lipinski definition) is 1. The van der Waals surface area contributed by atoms with Gasteiger partial charge in [-0.1, -0.05) is 15.9 Å². The fraction of sp³-hybridized carbons (Fsp3) is 0.417. The maximum Gasteiger partial charge on any atom is 0.223 e. The third kappa shape index (κ3) is 5.17. The summed E-state index contributed by atoms with van der Waals surface area (Å²) in [5.41, 5.74) is 0. The van der Waals surface area contributed by atoms with Crippen molar-refractivity contribution < 1.29 is 13.9 Å². The van der Waals surface area contributed by atoms with Gasteiger partial charge in [0.2, 0.25) is 5.91 Å². The molecule has 1 aromatic rings. The molecule has 0 atom stereocenters. The van der Waals surface area contributed by atoms with Gasteiger partial charge in [0, 0.05) is 10.5 Å². The van der Waals surface area contributed by atoms with E-state index in [4.69, 9.17) is 4.74 Å². The lowest BCUT2D eigenvalue weighted by atomic mass is 10.3. The van der Waals surface area contributed by atoms with Gasteiger partial charge in [-0.15, -0.1) is 0 Å². The summed E-state index contributed by atoms with van der Waals surface area (Å²) in [6.07, 6.45) is 0.212. The molecule has 0 bridgehead atoms. The van der Waals surface area contributed by atoms with Crippen LogP contribution < -0.4 is 10.1 Å². The van der Waals surface area contributed by atoms with Crippen molar-refractivity contribution in [3.05, 3.63) is 28.5 Å². The lowest BCUT2D eigenvalue weighted by molar-refractivity contribution is -0.122. The molecule has 0 saturated heterocycles. The molecule has 1 rings (SSSR count). The first kappa shape index (κ1) is 14.0. The smallest absolute Gasteiger partial charge is 0.223 e. The van der Waals surface area contributed by atoms with Crippen LogP contribution in [-0.4, -0.2) is 18.6 Å². The normalized spacial score (nSPS) is 10.4. The van der Waals surface area contributed by atoms with Crippen molar-refractivity contribution in [1.29, 1.82) is 0 Å². The summed E-state index contributed by atoms with van der Waals surface area (Å²) in [6, 6.07) is 4.54. The Morgan fingerprint density at radius 2 is 2.24 bits per heavy atom. The minimum Gasteiger partial charge on any atom is -0.490 e. The number of nitrogens with one attached hydrogen (secondary N) is 1. The van der Waals surface area contributed by atoms with Crippen LogP contribution in [-0.2, 0) is 4.79 Å². The van der Waals surface area contributed by atoms with Crippen molar-refractivity contribution in [2.45, 2.75) is 26.3 Å². The monoisotopic (exact) mass is 303 g/mol. The average molecular weight is 304 g/mol. The molecule has 0 fully saturated rings. The molecule has 0 aromatic heterocycles. The van der Waals surface area contributed by atoms with E-state index < -0.39 is 5.82 Å². The molecule has 0 aliphatic heterocycles. The Labute approximate surface area is 108 Å². The molecule has 1 N–H and O–H groups in total. The van der Waals surface area contributed by atoms with E-state index in [2.05, 4.69) is 21.2 Å². The Balaban J connectivity index is 2.40. The molecule has 1 amide bonds. The molecule has 0 unspecified atom stereocenters. The van der Waals surface area contributed by atoms with Crippen molar-refractivity contribution in [2.24, 2.45) is 0 Å². The summed E-state index contributed by atoms with van der Waals surface area (Å²) in [5.74, 6) is -0.385. The van der Waals surface area contributed by atoms with E-state index >= 15 is 0 Å². The summed E-state index contributed by atoms with van der Waals surface area (Å²) in [4.78, 5) is 11.3. The minimum absolute atomic E-state index is 0.101. The summed E-state index contributed by atoms with van der Waals surface area (Å²) in [6.45, 7) is 3.92. The SMILES string of the molecule is CC(C)NC(=O)CCOc1cc(Br)ccc1F. The first-order chi connectivity index (χ1) is 7.99. The van der Waals surface area contributed by atoms with Gasteiger partial charge in [-0.25, -0.2) is 4.39 Å². The van der Waals surface area contributed by atoms with Gasteiger partial charge in [0.15, 0.2) is 11.6 Å². The number of carbonyl (C=O) groups excluding carboxylic acids is 1. The molecule has 0 aliphatic carbocycles. The Morgan fingerprint density at radius 3 is 2.88 bits per heavy atom. The number of halogens is 2. The van der Waals surface area contributed by atoms with Crippen LogP contribution >= 0.6 is 15.9 Å². The van der Waals surface area contributed by atoms with Crippen molar-refractivity contribution in [2.75, 3.05) is 6.61 Å². The van der Waals surface area contributed by atoms with Crippen LogP contribution in [0.5, 0.6) is 5.75 Å². The molecule has 0 radical (unpaired) electrons. The molecular weight excluding hydrogens is 289 g/mol. The fourth-order valence-corrected chi connectivity index (χ4v) is 1.58. The lowest BCUT2D eigenvalue weighted by Gasteiger charge is -2.10. The van der Waals surface area contributed by atoms with Gasteiger partial charge >= 0.3 is 0 Å². The summed E-state index contributed by atoms with van der Waals surface area (Å²) < 4.78 is 19.2. The Morgan fingerprint density at radius 1 is 1.53 bits per heavy atom. The van der Waals surface area contributed by atoms with Crippen LogP contribution in [0.2, 0.25) is 0 Å². The van der Waals surface area contributed by atoms with Crippen LogP contribution in [0.1, 0.15) is 20.3 Å². The molecule has 0 spiro atoms. The first-order valence-electron chi connectivity index (χ1n) is 5.36. The van der Waals surface area contributed by atoms with Gasteiger partial charge in [0.25, 0.3) is 0 Å². The van der Waals surface area contributed by atoms with Crippen molar-refractivity contribution in [1.82, 2.24) is 5.32 Å². The Kier molecular flexibility index (Phi) is 5.41. The summed E-state index contributed by atoms with van der Waals surface area (Å²) >= 11 is 3.22.